The zero-order chi connectivity index (χ0) is 20.1. The summed E-state index contributed by atoms with van der Waals surface area (Å²) in [6.45, 7) is 5.74. The number of carbonyl (C=O) groups excluding carboxylic acids is 2. The topological polar surface area (TPSA) is 71.3 Å². The predicted molar refractivity (Wildman–Crippen MR) is 108 cm³/mol. The van der Waals surface area contributed by atoms with Crippen LogP contribution in [0.2, 0.25) is 0 Å². The Morgan fingerprint density at radius 3 is 2.43 bits per heavy atom. The van der Waals surface area contributed by atoms with Gasteiger partial charge in [0.1, 0.15) is 18.1 Å². The fourth-order valence-corrected chi connectivity index (χ4v) is 3.20. The van der Waals surface area contributed by atoms with Crippen molar-refractivity contribution in [2.24, 2.45) is 0 Å². The summed E-state index contributed by atoms with van der Waals surface area (Å²) in [5.74, 6) is 0.524. The fourth-order valence-electron chi connectivity index (χ4n) is 3.20. The molecule has 0 atom stereocenters. The Balaban J connectivity index is 1.90. The lowest BCUT2D eigenvalue weighted by Gasteiger charge is -2.21. The molecule has 0 fully saturated rings. The first kappa shape index (κ1) is 19.5. The van der Waals surface area contributed by atoms with Gasteiger partial charge in [-0.3, -0.25) is 14.6 Å². The minimum atomic E-state index is -0.186. The summed E-state index contributed by atoms with van der Waals surface area (Å²) in [4.78, 5) is 37.5. The van der Waals surface area contributed by atoms with Gasteiger partial charge in [0.25, 0.3) is 5.91 Å². The molecule has 0 saturated heterocycles. The number of likely N-dealkylation sites (N-methyl/N-ethyl adjacent to an activating group) is 1. The highest BCUT2D eigenvalue weighted by molar-refractivity contribution is 5.92. The van der Waals surface area contributed by atoms with Crippen molar-refractivity contribution >= 4 is 22.8 Å². The van der Waals surface area contributed by atoms with Crippen LogP contribution in [0, 0.1) is 0 Å². The van der Waals surface area contributed by atoms with E-state index in [1.165, 1.54) is 0 Å². The monoisotopic (exact) mass is 379 g/mol. The van der Waals surface area contributed by atoms with Crippen molar-refractivity contribution < 1.29 is 9.59 Å². The van der Waals surface area contributed by atoms with Gasteiger partial charge in [0.2, 0.25) is 5.91 Å². The molecule has 0 unspecified atom stereocenters. The normalized spacial score (nSPS) is 10.8. The van der Waals surface area contributed by atoms with Crippen LogP contribution in [0.1, 0.15) is 30.2 Å². The zero-order valence-electron chi connectivity index (χ0n) is 16.5. The first-order chi connectivity index (χ1) is 13.5. The summed E-state index contributed by atoms with van der Waals surface area (Å²) in [7, 11) is 1.72. The molecule has 2 aromatic heterocycles. The highest BCUT2D eigenvalue weighted by Gasteiger charge is 2.20. The van der Waals surface area contributed by atoms with Crippen molar-refractivity contribution in [1.29, 1.82) is 0 Å². The molecule has 3 aromatic rings. The number of hydrogen-bond acceptors (Lipinski definition) is 4. The van der Waals surface area contributed by atoms with E-state index >= 15 is 0 Å². The van der Waals surface area contributed by atoms with Gasteiger partial charge >= 0.3 is 0 Å². The van der Waals surface area contributed by atoms with Crippen LogP contribution in [0.25, 0.3) is 11.0 Å². The average Bonchev–Trinajstić information content (AvgIpc) is 3.06. The summed E-state index contributed by atoms with van der Waals surface area (Å²) < 4.78 is 1.90. The molecular weight excluding hydrogens is 354 g/mol. The largest absolute Gasteiger partial charge is 0.342 e. The number of amides is 2. The maximum Gasteiger partial charge on any atom is 0.272 e. The summed E-state index contributed by atoms with van der Waals surface area (Å²) in [5, 5.41) is 0. The van der Waals surface area contributed by atoms with Crippen LogP contribution < -0.4 is 0 Å². The minimum Gasteiger partial charge on any atom is -0.342 e. The van der Waals surface area contributed by atoms with E-state index in [2.05, 4.69) is 9.97 Å². The van der Waals surface area contributed by atoms with E-state index in [-0.39, 0.29) is 24.9 Å². The van der Waals surface area contributed by atoms with Gasteiger partial charge in [-0.1, -0.05) is 18.2 Å². The van der Waals surface area contributed by atoms with E-state index in [0.29, 0.717) is 24.6 Å². The SMILES string of the molecule is CCN(CC)C(=O)Cn1c(CN(C)C(=O)c2ccccn2)nc2ccccc21. The molecule has 0 spiro atoms. The summed E-state index contributed by atoms with van der Waals surface area (Å²) >= 11 is 0. The number of hydrogen-bond donors (Lipinski definition) is 0. The molecule has 0 aliphatic carbocycles. The van der Waals surface area contributed by atoms with E-state index < -0.39 is 0 Å². The van der Waals surface area contributed by atoms with E-state index in [1.807, 2.05) is 42.7 Å². The molecular formula is C21H25N5O2. The van der Waals surface area contributed by atoms with Crippen molar-refractivity contribution in [1.82, 2.24) is 24.3 Å². The number of benzene rings is 1. The summed E-state index contributed by atoms with van der Waals surface area (Å²) in [6.07, 6.45) is 1.60. The van der Waals surface area contributed by atoms with Crippen LogP contribution >= 0.6 is 0 Å². The van der Waals surface area contributed by atoms with Crippen molar-refractivity contribution in [2.75, 3.05) is 20.1 Å². The van der Waals surface area contributed by atoms with Gasteiger partial charge in [0, 0.05) is 26.3 Å². The number of pyridine rings is 1. The third-order valence-electron chi connectivity index (χ3n) is 4.75. The van der Waals surface area contributed by atoms with Crippen LogP contribution in [-0.4, -0.2) is 56.3 Å². The number of carbonyl (C=O) groups is 2. The van der Waals surface area contributed by atoms with Gasteiger partial charge < -0.3 is 14.4 Å². The highest BCUT2D eigenvalue weighted by Crippen LogP contribution is 2.18. The second-order valence-electron chi connectivity index (χ2n) is 6.55. The molecule has 2 heterocycles. The molecule has 2 amide bonds. The smallest absolute Gasteiger partial charge is 0.272 e. The lowest BCUT2D eigenvalue weighted by Crippen LogP contribution is -2.34. The van der Waals surface area contributed by atoms with Crippen molar-refractivity contribution in [2.45, 2.75) is 26.9 Å². The Labute approximate surface area is 164 Å². The lowest BCUT2D eigenvalue weighted by molar-refractivity contribution is -0.131. The van der Waals surface area contributed by atoms with Crippen LogP contribution in [0.4, 0.5) is 0 Å². The maximum absolute atomic E-state index is 12.7. The molecule has 0 saturated carbocycles. The quantitative estimate of drug-likeness (QED) is 0.633. The third-order valence-corrected chi connectivity index (χ3v) is 4.75. The summed E-state index contributed by atoms with van der Waals surface area (Å²) in [6, 6.07) is 12.9. The van der Waals surface area contributed by atoms with Gasteiger partial charge in [-0.15, -0.1) is 0 Å². The fraction of sp³-hybridized carbons (Fsp3) is 0.333. The first-order valence-corrected chi connectivity index (χ1v) is 9.43. The minimum absolute atomic E-state index is 0.0353. The van der Waals surface area contributed by atoms with Crippen LogP contribution in [-0.2, 0) is 17.9 Å². The molecule has 0 aliphatic rings. The molecule has 0 N–H and O–H groups in total. The second-order valence-corrected chi connectivity index (χ2v) is 6.55. The molecule has 0 bridgehead atoms. The summed E-state index contributed by atoms with van der Waals surface area (Å²) in [5.41, 5.74) is 2.08. The van der Waals surface area contributed by atoms with Crippen LogP contribution in [0.3, 0.4) is 0 Å². The van der Waals surface area contributed by atoms with Gasteiger partial charge in [-0.05, 0) is 38.1 Å². The molecule has 1 aromatic carbocycles. The molecule has 3 rings (SSSR count). The first-order valence-electron chi connectivity index (χ1n) is 9.43. The number of aromatic nitrogens is 3. The van der Waals surface area contributed by atoms with E-state index in [9.17, 15) is 9.59 Å². The van der Waals surface area contributed by atoms with Gasteiger partial charge in [0.05, 0.1) is 17.6 Å². The maximum atomic E-state index is 12.7. The number of rotatable bonds is 7. The molecule has 0 aliphatic heterocycles. The standard InChI is InChI=1S/C21H25N5O2/c1-4-25(5-2)20(27)15-26-18-12-7-6-10-16(18)23-19(26)14-24(3)21(28)17-11-8-9-13-22-17/h6-13H,4-5,14-15H2,1-3H3. The molecule has 146 valence electrons. The van der Waals surface area contributed by atoms with Crippen molar-refractivity contribution in [3.63, 3.8) is 0 Å². The van der Waals surface area contributed by atoms with E-state index in [0.717, 1.165) is 11.0 Å². The highest BCUT2D eigenvalue weighted by atomic mass is 16.2. The Morgan fingerprint density at radius 2 is 1.75 bits per heavy atom. The zero-order valence-corrected chi connectivity index (χ0v) is 16.5. The number of imidazole rings is 1. The lowest BCUT2D eigenvalue weighted by atomic mass is 10.3. The second kappa shape index (κ2) is 8.65. The third kappa shape index (κ3) is 4.03. The Bertz CT molecular complexity index is 963. The predicted octanol–water partition coefficient (Wildman–Crippen LogP) is 2.57. The van der Waals surface area contributed by atoms with Crippen LogP contribution in [0.15, 0.2) is 48.7 Å². The number of fused-ring (bicyclic) bond motifs is 1. The molecule has 28 heavy (non-hydrogen) atoms. The molecule has 7 nitrogen and oxygen atoms in total. The van der Waals surface area contributed by atoms with Gasteiger partial charge in [-0.25, -0.2) is 4.98 Å². The Kier molecular flexibility index (Phi) is 6.03. The van der Waals surface area contributed by atoms with Gasteiger partial charge in [-0.2, -0.15) is 0 Å². The number of para-hydroxylation sites is 2. The van der Waals surface area contributed by atoms with E-state index in [4.69, 9.17) is 0 Å². The average molecular weight is 379 g/mol. The Morgan fingerprint density at radius 1 is 1.04 bits per heavy atom. The van der Waals surface area contributed by atoms with Gasteiger partial charge in [0.15, 0.2) is 0 Å². The van der Waals surface area contributed by atoms with Crippen LogP contribution in [0.5, 0.6) is 0 Å². The molecule has 7 heteroatoms. The molecule has 0 radical (unpaired) electrons. The Hall–Kier alpha value is -3.22. The van der Waals surface area contributed by atoms with E-state index in [1.54, 1.807) is 41.2 Å². The van der Waals surface area contributed by atoms with Crippen molar-refractivity contribution in [3.05, 3.63) is 60.2 Å². The number of nitrogens with zero attached hydrogens (tertiary/aromatic N) is 5. The van der Waals surface area contributed by atoms with Crippen molar-refractivity contribution in [3.8, 4) is 0 Å².